The highest BCUT2D eigenvalue weighted by atomic mass is 16.5. The lowest BCUT2D eigenvalue weighted by molar-refractivity contribution is 0.180. The number of urea groups is 1. The molecular formula is C21H26N6O2. The van der Waals surface area contributed by atoms with E-state index in [9.17, 15) is 4.79 Å². The molecule has 0 aromatic heterocycles. The summed E-state index contributed by atoms with van der Waals surface area (Å²) < 4.78 is 5.77. The number of carbonyl (C=O) groups is 1. The number of guanidine groups is 1. The third-order valence-electron chi connectivity index (χ3n) is 4.70. The highest BCUT2D eigenvalue weighted by Gasteiger charge is 2.17. The lowest BCUT2D eigenvalue weighted by Gasteiger charge is -2.25. The molecular weight excluding hydrogens is 368 g/mol. The SMILES string of the molecule is C/C(=N\N=C(N)N)c1ccc(NC(=O)Nc2ccc(OCC3CCC3)cc2)cc1. The molecule has 8 nitrogen and oxygen atoms in total. The maximum Gasteiger partial charge on any atom is 0.323 e. The third-order valence-corrected chi connectivity index (χ3v) is 4.70. The molecule has 0 aliphatic heterocycles. The van der Waals surface area contributed by atoms with E-state index >= 15 is 0 Å². The summed E-state index contributed by atoms with van der Waals surface area (Å²) in [6.45, 7) is 2.56. The molecule has 0 atom stereocenters. The van der Waals surface area contributed by atoms with Gasteiger partial charge in [-0.2, -0.15) is 5.10 Å². The van der Waals surface area contributed by atoms with Crippen molar-refractivity contribution < 1.29 is 9.53 Å². The zero-order valence-corrected chi connectivity index (χ0v) is 16.4. The van der Waals surface area contributed by atoms with Crippen LogP contribution in [-0.2, 0) is 0 Å². The minimum absolute atomic E-state index is 0.0998. The summed E-state index contributed by atoms with van der Waals surface area (Å²) in [5.41, 5.74) is 13.4. The van der Waals surface area contributed by atoms with Crippen LogP contribution in [-0.4, -0.2) is 24.3 Å². The first-order chi connectivity index (χ1) is 14.0. The highest BCUT2D eigenvalue weighted by molar-refractivity contribution is 6.01. The van der Waals surface area contributed by atoms with Gasteiger partial charge in [-0.05, 0) is 67.6 Å². The van der Waals surface area contributed by atoms with Gasteiger partial charge >= 0.3 is 6.03 Å². The molecule has 1 fully saturated rings. The second-order valence-corrected chi connectivity index (χ2v) is 7.00. The summed E-state index contributed by atoms with van der Waals surface area (Å²) in [5.74, 6) is 1.40. The van der Waals surface area contributed by atoms with E-state index in [1.54, 1.807) is 19.1 Å². The molecule has 3 rings (SSSR count). The number of carbonyl (C=O) groups excluding carboxylic acids is 1. The van der Waals surface area contributed by atoms with Crippen molar-refractivity contribution in [2.75, 3.05) is 17.2 Å². The van der Waals surface area contributed by atoms with E-state index in [0.717, 1.165) is 17.9 Å². The van der Waals surface area contributed by atoms with E-state index in [-0.39, 0.29) is 12.0 Å². The number of nitrogens with two attached hydrogens (primary N) is 2. The van der Waals surface area contributed by atoms with Crippen LogP contribution >= 0.6 is 0 Å². The first-order valence-corrected chi connectivity index (χ1v) is 9.54. The molecule has 0 unspecified atom stereocenters. The summed E-state index contributed by atoms with van der Waals surface area (Å²) >= 11 is 0. The van der Waals surface area contributed by atoms with Gasteiger partial charge in [-0.1, -0.05) is 18.6 Å². The molecule has 0 bridgehead atoms. The summed E-state index contributed by atoms with van der Waals surface area (Å²) in [6, 6.07) is 14.2. The average molecular weight is 394 g/mol. The zero-order chi connectivity index (χ0) is 20.6. The molecule has 2 aromatic rings. The summed E-state index contributed by atoms with van der Waals surface area (Å²) in [5, 5.41) is 13.1. The fourth-order valence-corrected chi connectivity index (χ4v) is 2.79. The number of rotatable bonds is 7. The van der Waals surface area contributed by atoms with Crippen LogP contribution in [0.1, 0.15) is 31.7 Å². The van der Waals surface area contributed by atoms with Crippen LogP contribution in [0.2, 0.25) is 0 Å². The molecule has 0 spiro atoms. The van der Waals surface area contributed by atoms with Gasteiger partial charge in [0.15, 0.2) is 0 Å². The first kappa shape index (κ1) is 20.2. The van der Waals surface area contributed by atoms with Crippen molar-refractivity contribution in [1.29, 1.82) is 0 Å². The van der Waals surface area contributed by atoms with E-state index in [2.05, 4.69) is 20.8 Å². The zero-order valence-electron chi connectivity index (χ0n) is 16.4. The van der Waals surface area contributed by atoms with E-state index in [1.807, 2.05) is 36.4 Å². The van der Waals surface area contributed by atoms with Crippen LogP contribution in [0.25, 0.3) is 0 Å². The standard InChI is InChI=1S/C21H26N6O2/c1-14(26-27-20(22)23)16-5-7-17(8-6-16)24-21(28)25-18-9-11-19(12-10-18)29-13-15-3-2-4-15/h5-12,15H,2-4,13H2,1H3,(H4,22,23,27)(H2,24,25,28)/b26-14+. The average Bonchev–Trinajstić information content (AvgIpc) is 2.66. The van der Waals surface area contributed by atoms with Crippen LogP contribution < -0.4 is 26.8 Å². The Bertz CT molecular complexity index is 882. The number of nitrogens with one attached hydrogen (secondary N) is 2. The van der Waals surface area contributed by atoms with Crippen LogP contribution in [0, 0.1) is 5.92 Å². The number of benzene rings is 2. The number of amides is 2. The second kappa shape index (κ2) is 9.59. The molecule has 1 aliphatic rings. The van der Waals surface area contributed by atoms with Gasteiger partial charge < -0.3 is 26.8 Å². The van der Waals surface area contributed by atoms with E-state index in [4.69, 9.17) is 16.2 Å². The number of ether oxygens (including phenoxy) is 1. The van der Waals surface area contributed by atoms with Gasteiger partial charge in [0.25, 0.3) is 0 Å². The second-order valence-electron chi connectivity index (χ2n) is 7.00. The molecule has 0 radical (unpaired) electrons. The first-order valence-electron chi connectivity index (χ1n) is 9.54. The molecule has 1 aliphatic carbocycles. The van der Waals surface area contributed by atoms with Crippen LogP contribution in [0.4, 0.5) is 16.2 Å². The number of anilines is 2. The van der Waals surface area contributed by atoms with Crippen molar-refractivity contribution in [3.8, 4) is 5.75 Å². The van der Waals surface area contributed by atoms with Gasteiger partial charge in [0.1, 0.15) is 5.75 Å². The normalized spacial score (nSPS) is 13.9. The Morgan fingerprint density at radius 1 is 1.00 bits per heavy atom. The van der Waals surface area contributed by atoms with Gasteiger partial charge in [-0.15, -0.1) is 5.10 Å². The predicted octanol–water partition coefficient (Wildman–Crippen LogP) is 3.51. The largest absolute Gasteiger partial charge is 0.493 e. The monoisotopic (exact) mass is 394 g/mol. The molecule has 0 saturated heterocycles. The van der Waals surface area contributed by atoms with Crippen molar-refractivity contribution in [3.05, 3.63) is 54.1 Å². The van der Waals surface area contributed by atoms with Crippen molar-refractivity contribution in [1.82, 2.24) is 0 Å². The Balaban J connectivity index is 1.49. The topological polar surface area (TPSA) is 127 Å². The molecule has 29 heavy (non-hydrogen) atoms. The fourth-order valence-electron chi connectivity index (χ4n) is 2.79. The van der Waals surface area contributed by atoms with E-state index in [1.165, 1.54) is 19.3 Å². The molecule has 8 heteroatoms. The lowest BCUT2D eigenvalue weighted by Crippen LogP contribution is -2.22. The number of nitrogens with zero attached hydrogens (tertiary/aromatic N) is 2. The van der Waals surface area contributed by atoms with Crippen molar-refractivity contribution in [3.63, 3.8) is 0 Å². The van der Waals surface area contributed by atoms with Crippen molar-refractivity contribution >= 4 is 29.1 Å². The molecule has 6 N–H and O–H groups in total. The molecule has 152 valence electrons. The smallest absolute Gasteiger partial charge is 0.323 e. The Morgan fingerprint density at radius 2 is 1.59 bits per heavy atom. The quantitative estimate of drug-likeness (QED) is 0.325. The maximum absolute atomic E-state index is 12.2. The van der Waals surface area contributed by atoms with Gasteiger partial charge in [0.2, 0.25) is 5.96 Å². The molecule has 2 amide bonds. The summed E-state index contributed by atoms with van der Waals surface area (Å²) in [7, 11) is 0. The van der Waals surface area contributed by atoms with Gasteiger partial charge in [0.05, 0.1) is 12.3 Å². The molecule has 2 aromatic carbocycles. The van der Waals surface area contributed by atoms with Crippen molar-refractivity contribution in [2.24, 2.45) is 27.6 Å². The van der Waals surface area contributed by atoms with E-state index in [0.29, 0.717) is 23.0 Å². The Labute approximate surface area is 170 Å². The maximum atomic E-state index is 12.2. The van der Waals surface area contributed by atoms with E-state index < -0.39 is 0 Å². The van der Waals surface area contributed by atoms with Crippen molar-refractivity contribution in [2.45, 2.75) is 26.2 Å². The van der Waals surface area contributed by atoms with Crippen LogP contribution in [0.15, 0.2) is 58.7 Å². The van der Waals surface area contributed by atoms with Gasteiger partial charge in [-0.3, -0.25) is 0 Å². The van der Waals surface area contributed by atoms with Crippen LogP contribution in [0.5, 0.6) is 5.75 Å². The van der Waals surface area contributed by atoms with Crippen LogP contribution in [0.3, 0.4) is 0 Å². The Hall–Kier alpha value is -3.55. The minimum Gasteiger partial charge on any atom is -0.493 e. The number of hydrogen-bond donors (Lipinski definition) is 4. The number of hydrogen-bond acceptors (Lipinski definition) is 4. The molecule has 1 saturated carbocycles. The molecule has 0 heterocycles. The highest BCUT2D eigenvalue weighted by Crippen LogP contribution is 2.27. The predicted molar refractivity (Wildman–Crippen MR) is 116 cm³/mol. The Morgan fingerprint density at radius 3 is 2.10 bits per heavy atom. The fraction of sp³-hybridized carbons (Fsp3) is 0.286. The summed E-state index contributed by atoms with van der Waals surface area (Å²) in [4.78, 5) is 12.2. The lowest BCUT2D eigenvalue weighted by atomic mass is 9.86. The minimum atomic E-state index is -0.327. The summed E-state index contributed by atoms with van der Waals surface area (Å²) in [6.07, 6.45) is 3.81. The third kappa shape index (κ3) is 6.24. The van der Waals surface area contributed by atoms with Gasteiger partial charge in [0, 0.05) is 11.4 Å². The Kier molecular flexibility index (Phi) is 6.67. The van der Waals surface area contributed by atoms with Gasteiger partial charge in [-0.25, -0.2) is 4.79 Å².